The van der Waals surface area contributed by atoms with Crippen LogP contribution in [0.5, 0.6) is 0 Å². The van der Waals surface area contributed by atoms with Crippen molar-refractivity contribution in [3.05, 3.63) is 35.9 Å². The summed E-state index contributed by atoms with van der Waals surface area (Å²) >= 11 is 1.85. The first-order valence-electron chi connectivity index (χ1n) is 11.3. The van der Waals surface area contributed by atoms with Crippen molar-refractivity contribution in [2.24, 2.45) is 0 Å². The molecule has 1 aromatic carbocycles. The summed E-state index contributed by atoms with van der Waals surface area (Å²) in [6.45, 7) is 5.21. The van der Waals surface area contributed by atoms with E-state index >= 15 is 0 Å². The van der Waals surface area contributed by atoms with Gasteiger partial charge in [-0.3, -0.25) is 14.2 Å². The number of nitrogens with one attached hydrogen (secondary N) is 1. The lowest BCUT2D eigenvalue weighted by Gasteiger charge is -2.20. The Morgan fingerprint density at radius 1 is 1.13 bits per heavy atom. The number of carbonyl (C=O) groups excluding carboxylic acids is 1. The van der Waals surface area contributed by atoms with E-state index in [1.54, 1.807) is 0 Å². The minimum Gasteiger partial charge on any atom is -1.00 e. The maximum Gasteiger partial charge on any atom is 0.309 e. The number of unbranched alkanes of at least 4 members (excludes halogenated alkanes) is 7. The number of rotatable bonds is 13. The molecule has 2 aliphatic rings. The third-order valence-electron chi connectivity index (χ3n) is 5.66. The highest BCUT2D eigenvalue weighted by Crippen LogP contribution is 2.32. The van der Waals surface area contributed by atoms with Gasteiger partial charge in [0.1, 0.15) is 6.54 Å². The molecule has 1 unspecified atom stereocenters. The largest absolute Gasteiger partial charge is 1.00 e. The standard InChI is InChI=1S/C23H35N3O2S.BrH/c1-2-3-4-5-6-7-8-12-16-28-24-22(27)19-26-21(20-13-10-9-11-14-20)18-25-15-17-29-23(25)26;/h9-11,13-14,21H,2-8,12,15-19H2,1H3;1H. The summed E-state index contributed by atoms with van der Waals surface area (Å²) in [6.07, 6.45) is 10.1. The second-order valence-corrected chi connectivity index (χ2v) is 9.04. The molecule has 168 valence electrons. The van der Waals surface area contributed by atoms with Crippen molar-refractivity contribution in [3.8, 4) is 0 Å². The third kappa shape index (κ3) is 7.57. The Labute approximate surface area is 196 Å². The van der Waals surface area contributed by atoms with E-state index in [9.17, 15) is 4.79 Å². The first kappa shape index (κ1) is 25.2. The van der Waals surface area contributed by atoms with Crippen molar-refractivity contribution in [1.29, 1.82) is 0 Å². The Bertz CT molecular complexity index is 672. The molecule has 0 aliphatic carbocycles. The Morgan fingerprint density at radius 2 is 1.83 bits per heavy atom. The number of benzene rings is 1. The average Bonchev–Trinajstić information content (AvgIpc) is 3.33. The lowest BCUT2D eigenvalue weighted by molar-refractivity contribution is -0.511. The third-order valence-corrected chi connectivity index (χ3v) is 6.80. The summed E-state index contributed by atoms with van der Waals surface area (Å²) in [5.74, 6) is 1.04. The number of amidine groups is 1. The van der Waals surface area contributed by atoms with E-state index in [2.05, 4.69) is 46.1 Å². The van der Waals surface area contributed by atoms with Gasteiger partial charge in [0.25, 0.3) is 5.91 Å². The van der Waals surface area contributed by atoms with Gasteiger partial charge >= 0.3 is 5.17 Å². The van der Waals surface area contributed by atoms with Crippen molar-refractivity contribution < 1.29 is 31.2 Å². The van der Waals surface area contributed by atoms with Crippen LogP contribution in [0.3, 0.4) is 0 Å². The van der Waals surface area contributed by atoms with Crippen molar-refractivity contribution in [2.75, 3.05) is 32.0 Å². The number of halogens is 1. The van der Waals surface area contributed by atoms with E-state index in [4.69, 9.17) is 4.84 Å². The summed E-state index contributed by atoms with van der Waals surface area (Å²) in [5, 5.41) is 1.23. The second kappa shape index (κ2) is 14.1. The maximum absolute atomic E-state index is 12.5. The van der Waals surface area contributed by atoms with E-state index in [0.717, 1.165) is 25.3 Å². The average molecular weight is 499 g/mol. The van der Waals surface area contributed by atoms with Gasteiger partial charge in [0.2, 0.25) is 0 Å². The van der Waals surface area contributed by atoms with Crippen LogP contribution in [0.4, 0.5) is 0 Å². The fraction of sp³-hybridized carbons (Fsp3) is 0.652. The van der Waals surface area contributed by atoms with Crippen molar-refractivity contribution in [3.63, 3.8) is 0 Å². The molecule has 0 radical (unpaired) electrons. The molecular weight excluding hydrogens is 462 g/mol. The summed E-state index contributed by atoms with van der Waals surface area (Å²) in [7, 11) is 0. The Kier molecular flexibility index (Phi) is 11.8. The van der Waals surface area contributed by atoms with Crippen LogP contribution in [0.25, 0.3) is 0 Å². The Morgan fingerprint density at radius 3 is 2.57 bits per heavy atom. The quantitative estimate of drug-likeness (QED) is 0.254. The van der Waals surface area contributed by atoms with Crippen LogP contribution >= 0.6 is 11.8 Å². The van der Waals surface area contributed by atoms with Gasteiger partial charge in [-0.05, 0) is 18.2 Å². The predicted octanol–water partition coefficient (Wildman–Crippen LogP) is 1.35. The number of hydrogen-bond donors (Lipinski definition) is 1. The van der Waals surface area contributed by atoms with Crippen LogP contribution in [0.2, 0.25) is 0 Å². The first-order valence-corrected chi connectivity index (χ1v) is 12.2. The molecule has 2 heterocycles. The van der Waals surface area contributed by atoms with E-state index in [0.29, 0.717) is 13.2 Å². The van der Waals surface area contributed by atoms with E-state index in [1.807, 2.05) is 17.8 Å². The fourth-order valence-corrected chi connectivity index (χ4v) is 5.27. The number of carbonyl (C=O) groups is 1. The van der Waals surface area contributed by atoms with Crippen LogP contribution in [-0.4, -0.2) is 52.5 Å². The number of nitrogens with zero attached hydrogens (tertiary/aromatic N) is 2. The van der Waals surface area contributed by atoms with Crippen molar-refractivity contribution in [1.82, 2.24) is 10.4 Å². The SMILES string of the molecule is CCCCCCCCCCONC(=O)CN1C2=[N+](CCS2)CC1c1ccccc1.[Br-]. The number of hydroxylamine groups is 1. The van der Waals surface area contributed by atoms with Crippen LogP contribution < -0.4 is 22.5 Å². The normalized spacial score (nSPS) is 17.8. The smallest absolute Gasteiger partial charge is 0.309 e. The lowest BCUT2D eigenvalue weighted by Crippen LogP contribution is -3.00. The summed E-state index contributed by atoms with van der Waals surface area (Å²) in [4.78, 5) is 20.2. The minimum absolute atomic E-state index is 0. The highest BCUT2D eigenvalue weighted by atomic mass is 79.9. The molecule has 5 nitrogen and oxygen atoms in total. The predicted molar refractivity (Wildman–Crippen MR) is 120 cm³/mol. The van der Waals surface area contributed by atoms with Crippen molar-refractivity contribution in [2.45, 2.75) is 64.3 Å². The molecule has 0 saturated carbocycles. The topological polar surface area (TPSA) is 44.6 Å². The molecule has 1 aromatic rings. The number of amides is 1. The lowest BCUT2D eigenvalue weighted by atomic mass is 10.1. The molecule has 0 fully saturated rings. The molecule has 0 aromatic heterocycles. The molecule has 2 aliphatic heterocycles. The summed E-state index contributed by atoms with van der Waals surface area (Å²) in [6, 6.07) is 10.7. The van der Waals surface area contributed by atoms with Gasteiger partial charge in [0.05, 0.1) is 13.2 Å². The summed E-state index contributed by atoms with van der Waals surface area (Å²) in [5.41, 5.74) is 3.92. The molecule has 1 N–H and O–H groups in total. The zero-order valence-corrected chi connectivity index (χ0v) is 20.6. The molecule has 3 rings (SSSR count). The van der Waals surface area contributed by atoms with Crippen LogP contribution in [-0.2, 0) is 9.63 Å². The van der Waals surface area contributed by atoms with E-state index < -0.39 is 0 Å². The Hall–Kier alpha value is -1.05. The van der Waals surface area contributed by atoms with Gasteiger partial charge < -0.3 is 17.0 Å². The molecule has 7 heteroatoms. The summed E-state index contributed by atoms with van der Waals surface area (Å²) < 4.78 is 2.40. The monoisotopic (exact) mass is 497 g/mol. The van der Waals surface area contributed by atoms with E-state index in [1.165, 1.54) is 55.7 Å². The van der Waals surface area contributed by atoms with Gasteiger partial charge in [0, 0.05) is 11.3 Å². The van der Waals surface area contributed by atoms with Gasteiger partial charge in [-0.1, -0.05) is 82.2 Å². The van der Waals surface area contributed by atoms with Crippen LogP contribution in [0.1, 0.15) is 69.9 Å². The second-order valence-electron chi connectivity index (χ2n) is 7.98. The molecule has 0 saturated heterocycles. The van der Waals surface area contributed by atoms with Gasteiger partial charge in [-0.25, -0.2) is 10.4 Å². The molecule has 0 spiro atoms. The highest BCUT2D eigenvalue weighted by molar-refractivity contribution is 8.13. The molecule has 1 atom stereocenters. The van der Waals surface area contributed by atoms with Crippen molar-refractivity contribution >= 4 is 22.8 Å². The van der Waals surface area contributed by atoms with Crippen LogP contribution in [0, 0.1) is 0 Å². The molecule has 1 amide bonds. The highest BCUT2D eigenvalue weighted by Gasteiger charge is 2.44. The maximum atomic E-state index is 12.5. The minimum atomic E-state index is -0.0626. The molecule has 0 bridgehead atoms. The Balaban J connectivity index is 0.00000320. The zero-order chi connectivity index (χ0) is 20.3. The van der Waals surface area contributed by atoms with Gasteiger partial charge in [-0.2, -0.15) is 0 Å². The number of hydrogen-bond acceptors (Lipinski definition) is 4. The van der Waals surface area contributed by atoms with Gasteiger partial charge in [0.15, 0.2) is 12.6 Å². The number of thioether (sulfide) groups is 1. The first-order chi connectivity index (χ1) is 14.3. The van der Waals surface area contributed by atoms with E-state index in [-0.39, 0.29) is 28.9 Å². The fourth-order valence-electron chi connectivity index (χ4n) is 4.07. The molecular formula is C23H36BrN3O2S. The zero-order valence-electron chi connectivity index (χ0n) is 18.2. The van der Waals surface area contributed by atoms with Gasteiger partial charge in [-0.15, -0.1) is 0 Å². The van der Waals surface area contributed by atoms with Crippen LogP contribution in [0.15, 0.2) is 30.3 Å². The molecule has 30 heavy (non-hydrogen) atoms.